The van der Waals surface area contributed by atoms with E-state index in [0.717, 1.165) is 22.1 Å². The molecule has 1 heterocycles. The minimum Gasteiger partial charge on any atom is -0.478 e. The van der Waals surface area contributed by atoms with Crippen molar-refractivity contribution >= 4 is 27.6 Å². The van der Waals surface area contributed by atoms with Crippen LogP contribution in [0.1, 0.15) is 39.9 Å². The summed E-state index contributed by atoms with van der Waals surface area (Å²) in [5, 5.41) is 12.7. The van der Waals surface area contributed by atoms with Crippen molar-refractivity contribution in [3.63, 3.8) is 0 Å². The predicted molar refractivity (Wildman–Crippen MR) is 93.9 cm³/mol. The molecule has 3 atom stereocenters. The molecule has 0 saturated carbocycles. The first-order valence-corrected chi connectivity index (χ1v) is 8.49. The van der Waals surface area contributed by atoms with Gasteiger partial charge in [-0.3, -0.25) is 0 Å². The van der Waals surface area contributed by atoms with Crippen LogP contribution in [0.15, 0.2) is 59.1 Å². The smallest absolute Gasteiger partial charge is 0.335 e. The van der Waals surface area contributed by atoms with Crippen LogP contribution in [0.25, 0.3) is 0 Å². The highest BCUT2D eigenvalue weighted by atomic mass is 79.9. The Morgan fingerprint density at radius 2 is 1.96 bits per heavy atom. The van der Waals surface area contributed by atoms with Gasteiger partial charge in [-0.1, -0.05) is 36.4 Å². The molecule has 4 rings (SSSR count). The Morgan fingerprint density at radius 3 is 2.70 bits per heavy atom. The Morgan fingerprint density at radius 1 is 1.17 bits per heavy atom. The van der Waals surface area contributed by atoms with Crippen molar-refractivity contribution < 1.29 is 9.90 Å². The van der Waals surface area contributed by atoms with Crippen LogP contribution in [0.4, 0.5) is 5.69 Å². The van der Waals surface area contributed by atoms with E-state index in [0.29, 0.717) is 17.4 Å². The standard InChI is InChI=1S/C19H16BrNO2/c20-16-6-2-5-15-13-3-1-4-14(13)17(21-18(15)16)11-7-9-12(10-8-11)19(22)23/h1-3,5-10,13-14,17,21H,4H2,(H,22,23)/t13-,14+,17+/m0/s1. The van der Waals surface area contributed by atoms with Gasteiger partial charge in [-0.05, 0) is 57.6 Å². The second kappa shape index (κ2) is 5.53. The number of carboxylic acids is 1. The van der Waals surface area contributed by atoms with E-state index in [-0.39, 0.29) is 6.04 Å². The van der Waals surface area contributed by atoms with Crippen LogP contribution in [0.3, 0.4) is 0 Å². The van der Waals surface area contributed by atoms with Gasteiger partial charge in [-0.25, -0.2) is 4.79 Å². The van der Waals surface area contributed by atoms with Gasteiger partial charge in [0.2, 0.25) is 0 Å². The summed E-state index contributed by atoms with van der Waals surface area (Å²) in [7, 11) is 0. The first kappa shape index (κ1) is 14.5. The second-order valence-electron chi connectivity index (χ2n) is 6.11. The molecule has 3 nitrogen and oxygen atoms in total. The molecule has 4 heteroatoms. The van der Waals surface area contributed by atoms with Crippen molar-refractivity contribution in [2.45, 2.75) is 18.4 Å². The highest BCUT2D eigenvalue weighted by Crippen LogP contribution is 2.51. The van der Waals surface area contributed by atoms with Gasteiger partial charge in [0, 0.05) is 10.4 Å². The maximum atomic E-state index is 11.0. The van der Waals surface area contributed by atoms with Gasteiger partial charge in [0.1, 0.15) is 0 Å². The van der Waals surface area contributed by atoms with Crippen LogP contribution >= 0.6 is 15.9 Å². The minimum atomic E-state index is -0.887. The molecule has 0 radical (unpaired) electrons. The molecule has 2 N–H and O–H groups in total. The minimum absolute atomic E-state index is 0.184. The number of benzene rings is 2. The summed E-state index contributed by atoms with van der Waals surface area (Å²) in [5.41, 5.74) is 3.94. The number of para-hydroxylation sites is 1. The lowest BCUT2D eigenvalue weighted by molar-refractivity contribution is 0.0697. The lowest BCUT2D eigenvalue weighted by Crippen LogP contribution is -2.29. The van der Waals surface area contributed by atoms with Gasteiger partial charge in [0.15, 0.2) is 0 Å². The maximum absolute atomic E-state index is 11.0. The summed E-state index contributed by atoms with van der Waals surface area (Å²) in [6, 6.07) is 13.7. The zero-order chi connectivity index (χ0) is 16.0. The molecule has 0 bridgehead atoms. The number of hydrogen-bond donors (Lipinski definition) is 2. The lowest BCUT2D eigenvalue weighted by Gasteiger charge is -2.38. The number of carbonyl (C=O) groups is 1. The molecule has 0 aromatic heterocycles. The van der Waals surface area contributed by atoms with Crippen molar-refractivity contribution in [3.8, 4) is 0 Å². The van der Waals surface area contributed by atoms with Crippen molar-refractivity contribution in [1.82, 2.24) is 0 Å². The van der Waals surface area contributed by atoms with E-state index < -0.39 is 5.97 Å². The fraction of sp³-hybridized carbons (Fsp3) is 0.211. The fourth-order valence-electron chi connectivity index (χ4n) is 3.75. The monoisotopic (exact) mass is 369 g/mol. The third-order valence-corrected chi connectivity index (χ3v) is 5.52. The topological polar surface area (TPSA) is 49.3 Å². The van der Waals surface area contributed by atoms with Crippen LogP contribution < -0.4 is 5.32 Å². The van der Waals surface area contributed by atoms with Crippen LogP contribution in [0.2, 0.25) is 0 Å². The van der Waals surface area contributed by atoms with Gasteiger partial charge >= 0.3 is 5.97 Å². The quantitative estimate of drug-likeness (QED) is 0.734. The van der Waals surface area contributed by atoms with E-state index in [2.05, 4.69) is 51.6 Å². The van der Waals surface area contributed by atoms with Crippen LogP contribution in [0, 0.1) is 5.92 Å². The molecule has 23 heavy (non-hydrogen) atoms. The number of aromatic carboxylic acids is 1. The number of carboxylic acid groups (broad SMARTS) is 1. The third kappa shape index (κ3) is 2.38. The second-order valence-corrected chi connectivity index (χ2v) is 6.96. The number of anilines is 1. The highest BCUT2D eigenvalue weighted by Gasteiger charge is 2.38. The number of nitrogens with one attached hydrogen (secondary N) is 1. The molecule has 0 fully saturated rings. The summed E-state index contributed by atoms with van der Waals surface area (Å²) in [4.78, 5) is 11.0. The molecule has 116 valence electrons. The average molecular weight is 370 g/mol. The molecule has 0 amide bonds. The molecule has 0 saturated heterocycles. The van der Waals surface area contributed by atoms with Gasteiger partial charge in [0.25, 0.3) is 0 Å². The van der Waals surface area contributed by atoms with Crippen molar-refractivity contribution in [1.29, 1.82) is 0 Å². The third-order valence-electron chi connectivity index (χ3n) is 4.86. The Bertz CT molecular complexity index is 798. The molecule has 1 aliphatic carbocycles. The van der Waals surface area contributed by atoms with Gasteiger partial charge in [0.05, 0.1) is 17.3 Å². The zero-order valence-electron chi connectivity index (χ0n) is 12.4. The van der Waals surface area contributed by atoms with E-state index in [1.807, 2.05) is 12.1 Å². The van der Waals surface area contributed by atoms with E-state index >= 15 is 0 Å². The number of hydrogen-bond acceptors (Lipinski definition) is 2. The van der Waals surface area contributed by atoms with Gasteiger partial charge < -0.3 is 10.4 Å². The Labute approximate surface area is 143 Å². The van der Waals surface area contributed by atoms with Crippen molar-refractivity contribution in [3.05, 3.63) is 75.8 Å². The Balaban J connectivity index is 1.75. The lowest BCUT2D eigenvalue weighted by atomic mass is 9.77. The molecular formula is C19H16BrNO2. The molecule has 0 spiro atoms. The number of rotatable bonds is 2. The Hall–Kier alpha value is -2.07. The van der Waals surface area contributed by atoms with Crippen molar-refractivity contribution in [2.75, 3.05) is 5.32 Å². The van der Waals surface area contributed by atoms with E-state index in [9.17, 15) is 4.79 Å². The number of fused-ring (bicyclic) bond motifs is 3. The summed E-state index contributed by atoms with van der Waals surface area (Å²) in [6.45, 7) is 0. The molecule has 2 aliphatic rings. The maximum Gasteiger partial charge on any atom is 0.335 e. The van der Waals surface area contributed by atoms with Gasteiger partial charge in [-0.2, -0.15) is 0 Å². The largest absolute Gasteiger partial charge is 0.478 e. The van der Waals surface area contributed by atoms with Crippen LogP contribution in [-0.4, -0.2) is 11.1 Å². The predicted octanol–water partition coefficient (Wildman–Crippen LogP) is 4.97. The van der Waals surface area contributed by atoms with E-state index in [1.54, 1.807) is 12.1 Å². The molecular weight excluding hydrogens is 354 g/mol. The summed E-state index contributed by atoms with van der Waals surface area (Å²) < 4.78 is 1.07. The van der Waals surface area contributed by atoms with Crippen LogP contribution in [0.5, 0.6) is 0 Å². The summed E-state index contributed by atoms with van der Waals surface area (Å²) in [5.74, 6) is -0.0120. The molecule has 2 aromatic carbocycles. The highest BCUT2D eigenvalue weighted by molar-refractivity contribution is 9.10. The molecule has 0 unspecified atom stereocenters. The summed E-state index contributed by atoms with van der Waals surface area (Å²) >= 11 is 3.65. The van der Waals surface area contributed by atoms with E-state index in [1.165, 1.54) is 5.56 Å². The molecule has 1 aliphatic heterocycles. The SMILES string of the molecule is O=C(O)c1ccc([C@H]2Nc3c(Br)cccc3[C@H]3C=CC[C@H]32)cc1. The van der Waals surface area contributed by atoms with Crippen LogP contribution in [-0.2, 0) is 0 Å². The zero-order valence-corrected chi connectivity index (χ0v) is 14.0. The molecule has 2 aromatic rings. The Kier molecular flexibility index (Phi) is 3.49. The first-order valence-electron chi connectivity index (χ1n) is 7.70. The van der Waals surface area contributed by atoms with Crippen molar-refractivity contribution in [2.24, 2.45) is 5.92 Å². The fourth-order valence-corrected chi connectivity index (χ4v) is 4.24. The average Bonchev–Trinajstić information content (AvgIpc) is 3.04. The summed E-state index contributed by atoms with van der Waals surface area (Å²) in [6.07, 6.45) is 5.59. The first-order chi connectivity index (χ1) is 11.1. The normalized spacial score (nSPS) is 24.7. The van der Waals surface area contributed by atoms with E-state index in [4.69, 9.17) is 5.11 Å². The number of halogens is 1. The number of allylic oxidation sites excluding steroid dienone is 2. The van der Waals surface area contributed by atoms with Gasteiger partial charge in [-0.15, -0.1) is 0 Å².